The van der Waals surface area contributed by atoms with Gasteiger partial charge >= 0.3 is 6.09 Å². The number of pyridine rings is 1. The van der Waals surface area contributed by atoms with Gasteiger partial charge in [0.2, 0.25) is 0 Å². The van der Waals surface area contributed by atoms with Crippen molar-refractivity contribution in [1.82, 2.24) is 19.7 Å². The van der Waals surface area contributed by atoms with Crippen LogP contribution in [0.1, 0.15) is 44.8 Å². The first-order valence-electron chi connectivity index (χ1n) is 9.56. The van der Waals surface area contributed by atoms with E-state index in [9.17, 15) is 18.0 Å². The molecule has 1 aliphatic heterocycles. The zero-order valence-electron chi connectivity index (χ0n) is 16.1. The molecule has 0 radical (unpaired) electrons. The normalized spacial score (nSPS) is 29.8. The molecule has 0 bridgehead atoms. The van der Waals surface area contributed by atoms with Crippen molar-refractivity contribution in [2.75, 3.05) is 13.1 Å². The van der Waals surface area contributed by atoms with Crippen molar-refractivity contribution >= 4 is 28.6 Å². The topological polar surface area (TPSA) is 60.2 Å². The van der Waals surface area contributed by atoms with Crippen molar-refractivity contribution in [2.45, 2.75) is 50.7 Å². The number of carbonyl (C=O) groups excluding carboxylic acids is 1. The van der Waals surface area contributed by atoms with Gasteiger partial charge in [-0.25, -0.2) is 22.9 Å². The van der Waals surface area contributed by atoms with Crippen molar-refractivity contribution in [2.24, 2.45) is 11.8 Å². The fourth-order valence-electron chi connectivity index (χ4n) is 4.43. The fraction of sp³-hybridized carbons (Fsp3) is 0.632. The Hall–Kier alpha value is -2.03. The molecule has 3 atom stereocenters. The average molecular weight is 429 g/mol. The van der Waals surface area contributed by atoms with E-state index in [1.807, 2.05) is 20.8 Å². The molecule has 6 nitrogen and oxygen atoms in total. The molecule has 3 heterocycles. The second kappa shape index (κ2) is 5.77. The quantitative estimate of drug-likeness (QED) is 0.666. The fourth-order valence-corrected chi connectivity index (χ4v) is 4.57. The number of fused-ring (bicyclic) bond motifs is 2. The van der Waals surface area contributed by atoms with Crippen molar-refractivity contribution in [1.29, 1.82) is 0 Å². The highest BCUT2D eigenvalue weighted by molar-refractivity contribution is 6.30. The van der Waals surface area contributed by atoms with Gasteiger partial charge in [0, 0.05) is 37.0 Å². The summed E-state index contributed by atoms with van der Waals surface area (Å²) in [6.45, 7) is 6.43. The number of amides is 1. The second-order valence-corrected chi connectivity index (χ2v) is 9.53. The Balaban J connectivity index is 1.42. The number of carbonyl (C=O) groups is 1. The summed E-state index contributed by atoms with van der Waals surface area (Å²) >= 11 is 5.79. The highest BCUT2D eigenvalue weighted by Gasteiger charge is 2.62. The number of likely N-dealkylation sites (tertiary alicyclic amines) is 1. The number of ether oxygens (including phenoxy) is 1. The summed E-state index contributed by atoms with van der Waals surface area (Å²) in [6, 6.07) is -1.16. The number of rotatable bonds is 2. The molecule has 0 N–H and O–H groups in total. The van der Waals surface area contributed by atoms with Crippen molar-refractivity contribution in [3.63, 3.8) is 0 Å². The zero-order chi connectivity index (χ0) is 20.9. The molecule has 0 spiro atoms. The van der Waals surface area contributed by atoms with Gasteiger partial charge in [-0.2, -0.15) is 5.10 Å². The molecule has 10 heteroatoms. The zero-order valence-corrected chi connectivity index (χ0v) is 16.9. The number of nitrogens with zero attached hydrogens (tertiary/aromatic N) is 4. The summed E-state index contributed by atoms with van der Waals surface area (Å²) in [6.07, 6.45) is 0.669. The minimum absolute atomic E-state index is 0.0175. The number of hydrogen-bond acceptors (Lipinski definition) is 4. The maximum atomic E-state index is 14.6. The van der Waals surface area contributed by atoms with Crippen LogP contribution in [-0.2, 0) is 4.74 Å². The summed E-state index contributed by atoms with van der Waals surface area (Å²) in [4.78, 5) is 17.8. The first-order chi connectivity index (χ1) is 13.5. The minimum Gasteiger partial charge on any atom is -0.444 e. The standard InChI is InChI=1S/C19H20ClF3N4O2/c1-18(2,3)29-17(28)26-6-9-10(7-26)12(9)14-8-5-24-16(20)13(21)15(8)27(25-14)11-4-19(11,22)23/h5,9-12H,4,6-7H2,1-3H3. The number of halogens is 4. The van der Waals surface area contributed by atoms with Crippen molar-refractivity contribution < 1.29 is 22.7 Å². The monoisotopic (exact) mass is 428 g/mol. The second-order valence-electron chi connectivity index (χ2n) is 9.17. The van der Waals surface area contributed by atoms with Crippen LogP contribution in [0.5, 0.6) is 0 Å². The van der Waals surface area contributed by atoms with Gasteiger partial charge in [0.25, 0.3) is 5.92 Å². The van der Waals surface area contributed by atoms with Crippen LogP contribution in [0.15, 0.2) is 6.20 Å². The van der Waals surface area contributed by atoms with Crippen molar-refractivity contribution in [3.8, 4) is 0 Å². The lowest BCUT2D eigenvalue weighted by Crippen LogP contribution is -2.36. The lowest BCUT2D eigenvalue weighted by molar-refractivity contribution is 0.0270. The molecule has 1 amide bonds. The predicted octanol–water partition coefficient (Wildman–Crippen LogP) is 4.38. The van der Waals surface area contributed by atoms with Gasteiger partial charge in [0.05, 0.1) is 5.69 Å². The highest BCUT2D eigenvalue weighted by atomic mass is 35.5. The van der Waals surface area contributed by atoms with Gasteiger partial charge in [-0.1, -0.05) is 11.6 Å². The first-order valence-corrected chi connectivity index (χ1v) is 9.93. The Bertz CT molecular complexity index is 1020. The van der Waals surface area contributed by atoms with Gasteiger partial charge in [-0.15, -0.1) is 0 Å². The molecule has 2 aromatic rings. The minimum atomic E-state index is -2.90. The predicted molar refractivity (Wildman–Crippen MR) is 98.6 cm³/mol. The number of hydrogen-bond donors (Lipinski definition) is 0. The maximum absolute atomic E-state index is 14.6. The summed E-state index contributed by atoms with van der Waals surface area (Å²) in [5.74, 6) is -3.45. The summed E-state index contributed by atoms with van der Waals surface area (Å²) in [5, 5.41) is 4.44. The van der Waals surface area contributed by atoms with Crippen LogP contribution in [0.3, 0.4) is 0 Å². The highest BCUT2D eigenvalue weighted by Crippen LogP contribution is 2.60. The Labute approximate surface area is 170 Å². The van der Waals surface area contributed by atoms with E-state index in [0.717, 1.165) is 4.68 Å². The summed E-state index contributed by atoms with van der Waals surface area (Å²) < 4.78 is 48.5. The number of aromatic nitrogens is 3. The lowest BCUT2D eigenvalue weighted by atomic mass is 10.1. The van der Waals surface area contributed by atoms with E-state index in [0.29, 0.717) is 24.2 Å². The van der Waals surface area contributed by atoms with Crippen molar-refractivity contribution in [3.05, 3.63) is 22.9 Å². The third-order valence-electron chi connectivity index (χ3n) is 5.92. The Kier molecular flexibility index (Phi) is 3.77. The molecule has 1 saturated heterocycles. The van der Waals surface area contributed by atoms with Gasteiger partial charge in [0.15, 0.2) is 11.0 Å². The van der Waals surface area contributed by atoms with Crippen LogP contribution in [0.2, 0.25) is 5.15 Å². The molecule has 3 unspecified atom stereocenters. The van der Waals surface area contributed by atoms with E-state index in [1.54, 1.807) is 4.90 Å². The average Bonchev–Trinajstić information content (AvgIpc) is 3.28. The molecule has 3 fully saturated rings. The van der Waals surface area contributed by atoms with Gasteiger partial charge in [-0.05, 0) is 32.6 Å². The smallest absolute Gasteiger partial charge is 0.410 e. The molecule has 5 rings (SSSR count). The van der Waals surface area contributed by atoms with E-state index >= 15 is 0 Å². The van der Waals surface area contributed by atoms with Gasteiger partial charge < -0.3 is 9.64 Å². The van der Waals surface area contributed by atoms with E-state index in [2.05, 4.69) is 10.1 Å². The molecular formula is C19H20ClF3N4O2. The maximum Gasteiger partial charge on any atom is 0.410 e. The molecule has 156 valence electrons. The molecule has 0 aromatic carbocycles. The van der Waals surface area contributed by atoms with E-state index in [4.69, 9.17) is 16.3 Å². The van der Waals surface area contributed by atoms with Crippen LogP contribution in [0.25, 0.3) is 10.9 Å². The molecule has 2 aromatic heterocycles. The van der Waals surface area contributed by atoms with Crippen LogP contribution in [-0.4, -0.2) is 50.4 Å². The number of alkyl halides is 2. The number of piperidine rings is 1. The van der Waals surface area contributed by atoms with Crippen LogP contribution in [0, 0.1) is 17.7 Å². The van der Waals surface area contributed by atoms with Gasteiger partial charge in [0.1, 0.15) is 17.2 Å². The van der Waals surface area contributed by atoms with Crippen LogP contribution < -0.4 is 0 Å². The molecule has 3 aliphatic rings. The van der Waals surface area contributed by atoms with Gasteiger partial charge in [-0.3, -0.25) is 4.68 Å². The van der Waals surface area contributed by atoms with Crippen LogP contribution in [0.4, 0.5) is 18.0 Å². The van der Waals surface area contributed by atoms with E-state index < -0.39 is 23.4 Å². The van der Waals surface area contributed by atoms with E-state index in [1.165, 1.54) is 6.20 Å². The van der Waals surface area contributed by atoms with Crippen LogP contribution >= 0.6 is 11.6 Å². The third-order valence-corrected chi connectivity index (χ3v) is 6.18. The molecule has 29 heavy (non-hydrogen) atoms. The SMILES string of the molecule is CC(C)(C)OC(=O)N1CC2C(C1)C2c1nn(C2CC2(F)F)c2c(F)c(Cl)ncc12. The molecular weight excluding hydrogens is 409 g/mol. The Morgan fingerprint density at radius 2 is 1.93 bits per heavy atom. The third kappa shape index (κ3) is 2.96. The Morgan fingerprint density at radius 3 is 2.48 bits per heavy atom. The summed E-state index contributed by atoms with van der Waals surface area (Å²) in [7, 11) is 0. The Morgan fingerprint density at radius 1 is 1.31 bits per heavy atom. The van der Waals surface area contributed by atoms with E-state index in [-0.39, 0.29) is 40.9 Å². The molecule has 2 saturated carbocycles. The largest absolute Gasteiger partial charge is 0.444 e. The lowest BCUT2D eigenvalue weighted by Gasteiger charge is -2.25. The molecule has 2 aliphatic carbocycles. The summed E-state index contributed by atoms with van der Waals surface area (Å²) in [5.41, 5.74) is -0.0309. The first kappa shape index (κ1) is 19.0.